The summed E-state index contributed by atoms with van der Waals surface area (Å²) >= 11 is 0. The molecule has 2 N–H and O–H groups in total. The zero-order valence-corrected chi connectivity index (χ0v) is 23.2. The maximum atomic E-state index is 11.3. The number of carbonyl (C=O) groups is 2. The molecule has 0 heterocycles. The Balaban J connectivity index is 4.14. The lowest BCUT2D eigenvalue weighted by Gasteiger charge is -2.23. The van der Waals surface area contributed by atoms with Crippen LogP contribution in [-0.4, -0.2) is 34.4 Å². The van der Waals surface area contributed by atoms with E-state index < -0.39 is 11.9 Å². The van der Waals surface area contributed by atoms with Crippen LogP contribution < -0.4 is 0 Å². The third-order valence-electron chi connectivity index (χ3n) is 6.95. The maximum Gasteiger partial charge on any atom is 0.305 e. The molecule has 0 aromatic rings. The average molecular weight is 499 g/mol. The van der Waals surface area contributed by atoms with Crippen LogP contribution in [-0.2, 0) is 14.3 Å². The molecule has 2 unspecified atom stereocenters. The van der Waals surface area contributed by atoms with Crippen LogP contribution in [0.25, 0.3) is 0 Å². The van der Waals surface area contributed by atoms with Crippen molar-refractivity contribution in [3.05, 3.63) is 0 Å². The largest absolute Gasteiger partial charge is 0.481 e. The minimum atomic E-state index is -0.866. The highest BCUT2D eigenvalue weighted by atomic mass is 16.5. The van der Waals surface area contributed by atoms with Crippen LogP contribution in [0.3, 0.4) is 0 Å². The standard InChI is InChI=1S/C30H58O5/c1-3-5-7-9-11-13-15-17-19-21-23-27(25-29(31)32)35-28(26-30(33)34)24-22-20-18-16-14-12-10-8-6-4-2/h27-28H,3-26H2,1-2H3,(H,31,32)(H,33,34). The molecular weight excluding hydrogens is 440 g/mol. The Bertz CT molecular complexity index is 437. The van der Waals surface area contributed by atoms with E-state index >= 15 is 0 Å². The van der Waals surface area contributed by atoms with Crippen molar-refractivity contribution in [2.75, 3.05) is 0 Å². The highest BCUT2D eigenvalue weighted by Crippen LogP contribution is 2.20. The van der Waals surface area contributed by atoms with Crippen molar-refractivity contribution in [2.45, 2.75) is 180 Å². The maximum absolute atomic E-state index is 11.3. The predicted molar refractivity (Wildman–Crippen MR) is 146 cm³/mol. The molecule has 0 aliphatic carbocycles. The molecule has 0 bridgehead atoms. The molecule has 0 aromatic carbocycles. The Kier molecular flexibility index (Phi) is 25.2. The number of hydrogen-bond acceptors (Lipinski definition) is 3. The number of hydrogen-bond donors (Lipinski definition) is 2. The van der Waals surface area contributed by atoms with E-state index in [4.69, 9.17) is 4.74 Å². The van der Waals surface area contributed by atoms with Gasteiger partial charge in [0.1, 0.15) is 0 Å². The lowest BCUT2D eigenvalue weighted by molar-refractivity contribution is -0.145. The first kappa shape index (κ1) is 33.9. The number of unbranched alkanes of at least 4 members (excludes halogenated alkanes) is 18. The number of carboxylic acids is 2. The molecule has 0 radical (unpaired) electrons. The topological polar surface area (TPSA) is 83.8 Å². The Labute approximate surface area is 216 Å². The Morgan fingerprint density at radius 2 is 0.743 bits per heavy atom. The fourth-order valence-electron chi connectivity index (χ4n) is 4.82. The van der Waals surface area contributed by atoms with Gasteiger partial charge in [-0.15, -0.1) is 0 Å². The second-order valence-corrected chi connectivity index (χ2v) is 10.5. The fraction of sp³-hybridized carbons (Fsp3) is 0.933. The van der Waals surface area contributed by atoms with Gasteiger partial charge in [0.25, 0.3) is 0 Å². The van der Waals surface area contributed by atoms with Gasteiger partial charge >= 0.3 is 11.9 Å². The molecule has 0 aromatic heterocycles. The summed E-state index contributed by atoms with van der Waals surface area (Å²) < 4.78 is 6.08. The van der Waals surface area contributed by atoms with E-state index in [-0.39, 0.29) is 25.0 Å². The molecular formula is C30H58O5. The number of rotatable bonds is 28. The zero-order valence-electron chi connectivity index (χ0n) is 23.2. The van der Waals surface area contributed by atoms with E-state index in [9.17, 15) is 19.8 Å². The smallest absolute Gasteiger partial charge is 0.305 e. The van der Waals surface area contributed by atoms with Gasteiger partial charge < -0.3 is 14.9 Å². The minimum absolute atomic E-state index is 0.0361. The Hall–Kier alpha value is -1.10. The summed E-state index contributed by atoms with van der Waals surface area (Å²) in [5, 5.41) is 18.6. The fourth-order valence-corrected chi connectivity index (χ4v) is 4.82. The van der Waals surface area contributed by atoms with Crippen molar-refractivity contribution in [3.8, 4) is 0 Å². The molecule has 35 heavy (non-hydrogen) atoms. The molecule has 0 saturated heterocycles. The van der Waals surface area contributed by atoms with Gasteiger partial charge in [-0.3, -0.25) is 9.59 Å². The van der Waals surface area contributed by atoms with Crippen LogP contribution in [0.5, 0.6) is 0 Å². The third-order valence-corrected chi connectivity index (χ3v) is 6.95. The van der Waals surface area contributed by atoms with Crippen molar-refractivity contribution >= 4 is 11.9 Å². The summed E-state index contributed by atoms with van der Waals surface area (Å²) in [4.78, 5) is 22.7. The predicted octanol–water partition coefficient (Wildman–Crippen LogP) is 9.31. The summed E-state index contributed by atoms with van der Waals surface area (Å²) in [5.41, 5.74) is 0. The molecule has 0 spiro atoms. The molecule has 0 rings (SSSR count). The van der Waals surface area contributed by atoms with Crippen LogP contribution in [0.4, 0.5) is 0 Å². The van der Waals surface area contributed by atoms with Crippen molar-refractivity contribution in [2.24, 2.45) is 0 Å². The first-order valence-electron chi connectivity index (χ1n) is 15.1. The molecule has 0 saturated carbocycles. The van der Waals surface area contributed by atoms with Crippen LogP contribution in [0.1, 0.15) is 168 Å². The zero-order chi connectivity index (χ0) is 26.0. The minimum Gasteiger partial charge on any atom is -0.481 e. The second-order valence-electron chi connectivity index (χ2n) is 10.5. The van der Waals surface area contributed by atoms with Crippen LogP contribution in [0.2, 0.25) is 0 Å². The molecule has 0 fully saturated rings. The first-order chi connectivity index (χ1) is 17.0. The van der Waals surface area contributed by atoms with Crippen molar-refractivity contribution < 1.29 is 24.5 Å². The summed E-state index contributed by atoms with van der Waals surface area (Å²) in [6.45, 7) is 4.48. The van der Waals surface area contributed by atoms with Crippen LogP contribution in [0, 0.1) is 0 Å². The quantitative estimate of drug-likeness (QED) is 0.105. The van der Waals surface area contributed by atoms with Gasteiger partial charge in [0.2, 0.25) is 0 Å². The highest BCUT2D eigenvalue weighted by Gasteiger charge is 2.21. The van der Waals surface area contributed by atoms with Gasteiger partial charge in [0.05, 0.1) is 25.0 Å². The number of ether oxygens (including phenoxy) is 1. The molecule has 5 heteroatoms. The number of carboxylic acid groups (broad SMARTS) is 2. The van der Waals surface area contributed by atoms with Gasteiger partial charge in [0.15, 0.2) is 0 Å². The molecule has 0 amide bonds. The van der Waals surface area contributed by atoms with E-state index in [1.807, 2.05) is 0 Å². The van der Waals surface area contributed by atoms with Gasteiger partial charge in [-0.25, -0.2) is 0 Å². The summed E-state index contributed by atoms with van der Waals surface area (Å²) in [5.74, 6) is -1.73. The first-order valence-corrected chi connectivity index (χ1v) is 15.1. The van der Waals surface area contributed by atoms with E-state index in [0.29, 0.717) is 12.8 Å². The van der Waals surface area contributed by atoms with Gasteiger partial charge in [-0.1, -0.05) is 142 Å². The molecule has 208 valence electrons. The SMILES string of the molecule is CCCCCCCCCCCCC(CC(=O)O)OC(CCCCCCCCCCCC)CC(=O)O. The third kappa shape index (κ3) is 25.8. The van der Waals surface area contributed by atoms with E-state index in [0.717, 1.165) is 25.7 Å². The monoisotopic (exact) mass is 498 g/mol. The van der Waals surface area contributed by atoms with Crippen molar-refractivity contribution in [1.82, 2.24) is 0 Å². The Morgan fingerprint density at radius 1 is 0.486 bits per heavy atom. The van der Waals surface area contributed by atoms with Gasteiger partial charge in [0, 0.05) is 0 Å². The highest BCUT2D eigenvalue weighted by molar-refractivity contribution is 5.68. The van der Waals surface area contributed by atoms with Crippen LogP contribution >= 0.6 is 0 Å². The molecule has 0 aliphatic rings. The van der Waals surface area contributed by atoms with Crippen LogP contribution in [0.15, 0.2) is 0 Å². The lowest BCUT2D eigenvalue weighted by Crippen LogP contribution is -2.27. The Morgan fingerprint density at radius 3 is 1.00 bits per heavy atom. The average Bonchev–Trinajstić information content (AvgIpc) is 2.80. The molecule has 2 atom stereocenters. The van der Waals surface area contributed by atoms with Crippen molar-refractivity contribution in [3.63, 3.8) is 0 Å². The lowest BCUT2D eigenvalue weighted by atomic mass is 10.0. The molecule has 5 nitrogen and oxygen atoms in total. The number of aliphatic carboxylic acids is 2. The van der Waals surface area contributed by atoms with E-state index in [1.54, 1.807) is 0 Å². The van der Waals surface area contributed by atoms with Crippen molar-refractivity contribution in [1.29, 1.82) is 0 Å². The normalized spacial score (nSPS) is 13.1. The summed E-state index contributed by atoms with van der Waals surface area (Å²) in [6, 6.07) is 0. The van der Waals surface area contributed by atoms with Gasteiger partial charge in [-0.2, -0.15) is 0 Å². The molecule has 0 aliphatic heterocycles. The second kappa shape index (κ2) is 26.0. The summed E-state index contributed by atoms with van der Waals surface area (Å²) in [7, 11) is 0. The van der Waals surface area contributed by atoms with Gasteiger partial charge in [-0.05, 0) is 12.8 Å². The summed E-state index contributed by atoms with van der Waals surface area (Å²) in [6.07, 6.45) is 25.4. The van der Waals surface area contributed by atoms with E-state index in [2.05, 4.69) is 13.8 Å². The van der Waals surface area contributed by atoms with E-state index in [1.165, 1.54) is 103 Å².